The lowest BCUT2D eigenvalue weighted by Crippen LogP contribution is -2.41. The van der Waals surface area contributed by atoms with Crippen LogP contribution in [0.25, 0.3) is 0 Å². The summed E-state index contributed by atoms with van der Waals surface area (Å²) in [6.07, 6.45) is 2.78. The number of nitrogens with two attached hydrogens (primary N) is 1. The zero-order valence-electron chi connectivity index (χ0n) is 14.8. The van der Waals surface area contributed by atoms with Gasteiger partial charge in [-0.2, -0.15) is 0 Å². The average molecular weight is 410 g/mol. The van der Waals surface area contributed by atoms with Gasteiger partial charge in [-0.15, -0.1) is 0 Å². The molecule has 27 heavy (non-hydrogen) atoms. The van der Waals surface area contributed by atoms with Crippen LogP contribution in [0.4, 0.5) is 0 Å². The molecule has 1 aliphatic heterocycles. The maximum absolute atomic E-state index is 12.6. The number of phenolic OH excluding ortho intramolecular Hbond substituents is 1. The summed E-state index contributed by atoms with van der Waals surface area (Å²) in [6, 6.07) is 4.36. The number of benzene rings is 1. The van der Waals surface area contributed by atoms with Crippen LogP contribution in [0.1, 0.15) is 40.4 Å². The Morgan fingerprint density at radius 3 is 2.56 bits per heavy atom. The van der Waals surface area contributed by atoms with Crippen LogP contribution in [0, 0.1) is 12.8 Å². The predicted molar refractivity (Wildman–Crippen MR) is 105 cm³/mol. The molecule has 8 heteroatoms. The highest BCUT2D eigenvalue weighted by molar-refractivity contribution is 6.31. The minimum atomic E-state index is -0.422. The van der Waals surface area contributed by atoms with Gasteiger partial charge in [-0.25, -0.2) is 0 Å². The predicted octanol–water partition coefficient (Wildman–Crippen LogP) is 3.25. The van der Waals surface area contributed by atoms with Gasteiger partial charge >= 0.3 is 0 Å². The highest BCUT2D eigenvalue weighted by Gasteiger charge is 2.29. The van der Waals surface area contributed by atoms with E-state index in [1.165, 1.54) is 12.3 Å². The van der Waals surface area contributed by atoms with Crippen LogP contribution in [0.2, 0.25) is 10.0 Å². The number of hydrogen-bond donors (Lipinski definition) is 3. The molecule has 1 aromatic heterocycles. The lowest BCUT2D eigenvalue weighted by molar-refractivity contribution is 0.0677. The highest BCUT2D eigenvalue weighted by atomic mass is 35.5. The Kier molecular flexibility index (Phi) is 5.79. The number of aryl methyl sites for hydroxylation is 1. The van der Waals surface area contributed by atoms with E-state index in [9.17, 15) is 14.7 Å². The van der Waals surface area contributed by atoms with Gasteiger partial charge in [-0.3, -0.25) is 9.59 Å². The standard InChI is InChI=1S/C19H21Cl2N3O3/c1-10-6-16(25)13(8-14(10)20)17(22)11-2-4-24(5-3-11)19(27)12-7-15(21)18(26)23-9-12/h6-9,11,17,25H,2-5,22H2,1H3,(H,23,26)/t17-/m1/s1. The maximum atomic E-state index is 12.6. The molecule has 1 saturated heterocycles. The molecule has 1 fully saturated rings. The van der Waals surface area contributed by atoms with Crippen LogP contribution >= 0.6 is 23.2 Å². The number of phenols is 1. The van der Waals surface area contributed by atoms with Crippen molar-refractivity contribution < 1.29 is 9.90 Å². The number of rotatable bonds is 3. The number of nitrogens with one attached hydrogen (secondary N) is 1. The van der Waals surface area contributed by atoms with Gasteiger partial charge in [-0.1, -0.05) is 23.2 Å². The largest absolute Gasteiger partial charge is 0.508 e. The van der Waals surface area contributed by atoms with Crippen LogP contribution in [0.15, 0.2) is 29.2 Å². The van der Waals surface area contributed by atoms with E-state index in [1.54, 1.807) is 17.0 Å². The van der Waals surface area contributed by atoms with Crippen LogP contribution in [0.5, 0.6) is 5.75 Å². The van der Waals surface area contributed by atoms with Crippen molar-refractivity contribution in [3.63, 3.8) is 0 Å². The summed E-state index contributed by atoms with van der Waals surface area (Å²) >= 11 is 12.0. The van der Waals surface area contributed by atoms with E-state index in [-0.39, 0.29) is 28.6 Å². The summed E-state index contributed by atoms with van der Waals surface area (Å²) in [4.78, 5) is 28.1. The van der Waals surface area contributed by atoms with E-state index in [4.69, 9.17) is 28.9 Å². The first-order valence-corrected chi connectivity index (χ1v) is 9.45. The molecule has 3 rings (SSSR count). The lowest BCUT2D eigenvalue weighted by atomic mass is 9.85. The number of piperidine rings is 1. The van der Waals surface area contributed by atoms with E-state index in [0.29, 0.717) is 42.1 Å². The Bertz CT molecular complexity index is 921. The SMILES string of the molecule is Cc1cc(O)c([C@H](N)C2CCN(C(=O)c3c[nH]c(=O)c(Cl)c3)CC2)cc1Cl. The molecular weight excluding hydrogens is 389 g/mol. The number of aromatic nitrogens is 1. The van der Waals surface area contributed by atoms with Gasteiger partial charge in [0, 0.05) is 35.9 Å². The first-order chi connectivity index (χ1) is 12.8. The van der Waals surface area contributed by atoms with Crippen LogP contribution < -0.4 is 11.3 Å². The fraction of sp³-hybridized carbons (Fsp3) is 0.368. The normalized spacial score (nSPS) is 16.4. The third-order valence-electron chi connectivity index (χ3n) is 5.11. The Hall–Kier alpha value is -2.02. The van der Waals surface area contributed by atoms with Crippen molar-refractivity contribution in [1.82, 2.24) is 9.88 Å². The Morgan fingerprint density at radius 2 is 1.93 bits per heavy atom. The van der Waals surface area contributed by atoms with Gasteiger partial charge in [-0.05, 0) is 49.4 Å². The zero-order valence-corrected chi connectivity index (χ0v) is 16.3. The molecule has 1 aliphatic rings. The molecule has 4 N–H and O–H groups in total. The third-order valence-corrected chi connectivity index (χ3v) is 5.79. The van der Waals surface area contributed by atoms with Crippen molar-refractivity contribution >= 4 is 29.1 Å². The van der Waals surface area contributed by atoms with E-state index in [2.05, 4.69) is 4.98 Å². The van der Waals surface area contributed by atoms with Crippen molar-refractivity contribution in [3.05, 3.63) is 61.5 Å². The maximum Gasteiger partial charge on any atom is 0.266 e. The molecule has 2 heterocycles. The minimum absolute atomic E-state index is 0.00974. The number of nitrogens with zero attached hydrogens (tertiary/aromatic N) is 1. The smallest absolute Gasteiger partial charge is 0.266 e. The number of hydrogen-bond acceptors (Lipinski definition) is 4. The van der Waals surface area contributed by atoms with Gasteiger partial charge < -0.3 is 20.7 Å². The molecule has 6 nitrogen and oxygen atoms in total. The van der Waals surface area contributed by atoms with Crippen molar-refractivity contribution in [2.45, 2.75) is 25.8 Å². The van der Waals surface area contributed by atoms with Gasteiger partial charge in [0.25, 0.3) is 11.5 Å². The number of pyridine rings is 1. The first kappa shape index (κ1) is 19.7. The number of halogens is 2. The first-order valence-electron chi connectivity index (χ1n) is 8.70. The molecule has 1 aromatic carbocycles. The molecule has 144 valence electrons. The average Bonchev–Trinajstić information content (AvgIpc) is 2.66. The lowest BCUT2D eigenvalue weighted by Gasteiger charge is -2.35. The zero-order chi connectivity index (χ0) is 19.7. The van der Waals surface area contributed by atoms with E-state index in [1.807, 2.05) is 6.92 Å². The number of carbonyl (C=O) groups is 1. The Labute approximate surface area is 166 Å². The quantitative estimate of drug-likeness (QED) is 0.723. The molecule has 0 saturated carbocycles. The Morgan fingerprint density at radius 1 is 1.26 bits per heavy atom. The van der Waals surface area contributed by atoms with Crippen molar-refractivity contribution in [2.75, 3.05) is 13.1 Å². The van der Waals surface area contributed by atoms with Crippen molar-refractivity contribution in [3.8, 4) is 5.75 Å². The number of carbonyl (C=O) groups excluding carboxylic acids is 1. The monoisotopic (exact) mass is 409 g/mol. The molecule has 0 unspecified atom stereocenters. The van der Waals surface area contributed by atoms with Gasteiger partial charge in [0.05, 0.1) is 5.56 Å². The molecule has 2 aromatic rings. The van der Waals surface area contributed by atoms with Gasteiger partial charge in [0.2, 0.25) is 0 Å². The third kappa shape index (κ3) is 4.13. The molecule has 1 atom stereocenters. The highest BCUT2D eigenvalue weighted by Crippen LogP contribution is 2.36. The summed E-state index contributed by atoms with van der Waals surface area (Å²) in [7, 11) is 0. The number of likely N-dealkylation sites (tertiary alicyclic amines) is 1. The van der Waals surface area contributed by atoms with E-state index >= 15 is 0 Å². The summed E-state index contributed by atoms with van der Waals surface area (Å²) < 4.78 is 0. The second-order valence-electron chi connectivity index (χ2n) is 6.88. The van der Waals surface area contributed by atoms with Gasteiger partial charge in [0.1, 0.15) is 10.8 Å². The summed E-state index contributed by atoms with van der Waals surface area (Å²) in [5, 5.41) is 10.8. The van der Waals surface area contributed by atoms with Crippen LogP contribution in [0.3, 0.4) is 0 Å². The summed E-state index contributed by atoms with van der Waals surface area (Å²) in [5.41, 5.74) is 7.73. The van der Waals surface area contributed by atoms with E-state index in [0.717, 1.165) is 5.56 Å². The number of aromatic amines is 1. The summed E-state index contributed by atoms with van der Waals surface area (Å²) in [6.45, 7) is 2.90. The molecule has 0 spiro atoms. The van der Waals surface area contributed by atoms with Crippen molar-refractivity contribution in [1.29, 1.82) is 0 Å². The van der Waals surface area contributed by atoms with E-state index < -0.39 is 5.56 Å². The Balaban J connectivity index is 1.68. The molecule has 0 bridgehead atoms. The number of aromatic hydroxyl groups is 1. The van der Waals surface area contributed by atoms with Crippen LogP contribution in [-0.2, 0) is 0 Å². The fourth-order valence-electron chi connectivity index (χ4n) is 3.43. The summed E-state index contributed by atoms with van der Waals surface area (Å²) in [5.74, 6) is 0.0880. The van der Waals surface area contributed by atoms with Crippen LogP contribution in [-0.4, -0.2) is 34.0 Å². The number of H-pyrrole nitrogens is 1. The second kappa shape index (κ2) is 7.92. The second-order valence-corrected chi connectivity index (χ2v) is 7.70. The number of amides is 1. The molecule has 1 amide bonds. The topological polar surface area (TPSA) is 99.4 Å². The minimum Gasteiger partial charge on any atom is -0.508 e. The fourth-order valence-corrected chi connectivity index (χ4v) is 3.77. The molecule has 0 radical (unpaired) electrons. The van der Waals surface area contributed by atoms with Crippen molar-refractivity contribution in [2.24, 2.45) is 11.7 Å². The molecular formula is C19H21Cl2N3O3. The van der Waals surface area contributed by atoms with Gasteiger partial charge in [0.15, 0.2) is 0 Å². The molecule has 0 aliphatic carbocycles.